The zero-order valence-electron chi connectivity index (χ0n) is 17.6. The number of thiophene rings is 1. The van der Waals surface area contributed by atoms with Crippen molar-refractivity contribution in [1.29, 1.82) is 0 Å². The SMILES string of the molecule is CCc1nnc(NC(=O)Cn2cnc3sc(C(=O)Nc4ccccc4C)c(C)c3c2=O)s1. The van der Waals surface area contributed by atoms with Crippen molar-refractivity contribution >= 4 is 55.5 Å². The molecule has 0 aliphatic carbocycles. The Morgan fingerprint density at radius 3 is 2.59 bits per heavy atom. The Labute approximate surface area is 191 Å². The van der Waals surface area contributed by atoms with Gasteiger partial charge in [0.2, 0.25) is 11.0 Å². The molecule has 32 heavy (non-hydrogen) atoms. The lowest BCUT2D eigenvalue weighted by atomic mass is 10.2. The average Bonchev–Trinajstić information content (AvgIpc) is 3.36. The number of aryl methyl sites for hydroxylation is 3. The third-order valence-electron chi connectivity index (χ3n) is 4.85. The van der Waals surface area contributed by atoms with Crippen LogP contribution < -0.4 is 16.2 Å². The van der Waals surface area contributed by atoms with Crippen molar-refractivity contribution in [3.63, 3.8) is 0 Å². The van der Waals surface area contributed by atoms with Gasteiger partial charge in [0.15, 0.2) is 0 Å². The second-order valence-electron chi connectivity index (χ2n) is 7.09. The van der Waals surface area contributed by atoms with Crippen LogP contribution in [-0.2, 0) is 17.8 Å². The zero-order chi connectivity index (χ0) is 22.8. The fraction of sp³-hybridized carbons (Fsp3) is 0.238. The van der Waals surface area contributed by atoms with E-state index in [1.807, 2.05) is 38.1 Å². The number of hydrogen-bond donors (Lipinski definition) is 2. The van der Waals surface area contributed by atoms with Gasteiger partial charge in [0.1, 0.15) is 16.4 Å². The lowest BCUT2D eigenvalue weighted by molar-refractivity contribution is -0.116. The van der Waals surface area contributed by atoms with Crippen molar-refractivity contribution < 1.29 is 9.59 Å². The molecule has 11 heteroatoms. The van der Waals surface area contributed by atoms with Gasteiger partial charge >= 0.3 is 0 Å². The van der Waals surface area contributed by atoms with Gasteiger partial charge in [-0.2, -0.15) is 0 Å². The summed E-state index contributed by atoms with van der Waals surface area (Å²) in [6.07, 6.45) is 2.05. The summed E-state index contributed by atoms with van der Waals surface area (Å²) in [5.74, 6) is -0.705. The van der Waals surface area contributed by atoms with Crippen LogP contribution in [0.4, 0.5) is 10.8 Å². The van der Waals surface area contributed by atoms with E-state index in [0.29, 0.717) is 31.5 Å². The maximum atomic E-state index is 13.0. The van der Waals surface area contributed by atoms with Gasteiger partial charge in [0.05, 0.1) is 16.6 Å². The van der Waals surface area contributed by atoms with Crippen molar-refractivity contribution in [1.82, 2.24) is 19.7 Å². The minimum absolute atomic E-state index is 0.219. The van der Waals surface area contributed by atoms with Crippen molar-refractivity contribution in [2.45, 2.75) is 33.7 Å². The van der Waals surface area contributed by atoms with E-state index in [0.717, 1.165) is 28.3 Å². The van der Waals surface area contributed by atoms with Gasteiger partial charge in [-0.1, -0.05) is 36.5 Å². The molecular weight excluding hydrogens is 448 g/mol. The van der Waals surface area contributed by atoms with Gasteiger partial charge in [-0.25, -0.2) is 4.98 Å². The number of carbonyl (C=O) groups is 2. The third kappa shape index (κ3) is 4.30. The highest BCUT2D eigenvalue weighted by atomic mass is 32.1. The summed E-state index contributed by atoms with van der Waals surface area (Å²) in [4.78, 5) is 43.4. The molecule has 0 fully saturated rings. The van der Waals surface area contributed by atoms with Crippen LogP contribution in [0.2, 0.25) is 0 Å². The number of fused-ring (bicyclic) bond motifs is 1. The summed E-state index contributed by atoms with van der Waals surface area (Å²) in [6.45, 7) is 5.35. The van der Waals surface area contributed by atoms with Gasteiger partial charge in [0, 0.05) is 5.69 Å². The molecule has 0 unspecified atom stereocenters. The summed E-state index contributed by atoms with van der Waals surface area (Å²) in [5.41, 5.74) is 1.81. The molecule has 3 aromatic heterocycles. The summed E-state index contributed by atoms with van der Waals surface area (Å²) in [7, 11) is 0. The van der Waals surface area contributed by atoms with Crippen molar-refractivity contribution in [2.75, 3.05) is 10.6 Å². The maximum Gasteiger partial charge on any atom is 0.266 e. The first kappa shape index (κ1) is 21.8. The second-order valence-corrected chi connectivity index (χ2v) is 9.15. The lowest BCUT2D eigenvalue weighted by Gasteiger charge is -2.07. The summed E-state index contributed by atoms with van der Waals surface area (Å²) >= 11 is 2.44. The van der Waals surface area contributed by atoms with Crippen LogP contribution in [0.3, 0.4) is 0 Å². The molecular formula is C21H20N6O3S2. The van der Waals surface area contributed by atoms with E-state index in [-0.39, 0.29) is 18.0 Å². The molecule has 0 aliphatic rings. The number of hydrogen-bond acceptors (Lipinski definition) is 8. The molecule has 9 nitrogen and oxygen atoms in total. The monoisotopic (exact) mass is 468 g/mol. The maximum absolute atomic E-state index is 13.0. The van der Waals surface area contributed by atoms with Crippen molar-refractivity contribution in [3.05, 3.63) is 62.0 Å². The van der Waals surface area contributed by atoms with E-state index in [1.54, 1.807) is 6.92 Å². The topological polar surface area (TPSA) is 119 Å². The second kappa shape index (κ2) is 8.97. The number of nitrogens with zero attached hydrogens (tertiary/aromatic N) is 4. The molecule has 164 valence electrons. The Bertz CT molecular complexity index is 1390. The normalized spacial score (nSPS) is 11.0. The molecule has 4 aromatic rings. The lowest BCUT2D eigenvalue weighted by Crippen LogP contribution is -2.27. The first-order chi connectivity index (χ1) is 15.4. The summed E-state index contributed by atoms with van der Waals surface area (Å²) in [5, 5.41) is 14.9. The molecule has 0 bridgehead atoms. The van der Waals surface area contributed by atoms with Gasteiger partial charge in [-0.3, -0.25) is 24.3 Å². The van der Waals surface area contributed by atoms with Crippen molar-refractivity contribution in [2.24, 2.45) is 0 Å². The molecule has 2 amide bonds. The Balaban J connectivity index is 1.58. The van der Waals surface area contributed by atoms with Crippen LogP contribution in [0.25, 0.3) is 10.2 Å². The van der Waals surface area contributed by atoms with Gasteiger partial charge < -0.3 is 5.32 Å². The quantitative estimate of drug-likeness (QED) is 0.448. The minimum Gasteiger partial charge on any atom is -0.321 e. The van der Waals surface area contributed by atoms with Crippen molar-refractivity contribution in [3.8, 4) is 0 Å². The highest BCUT2D eigenvalue weighted by molar-refractivity contribution is 7.20. The van der Waals surface area contributed by atoms with Crippen LogP contribution in [0.1, 0.15) is 32.7 Å². The van der Waals surface area contributed by atoms with Crippen LogP contribution in [0, 0.1) is 13.8 Å². The van der Waals surface area contributed by atoms with Gasteiger partial charge in [0.25, 0.3) is 11.5 Å². The van der Waals surface area contributed by atoms with Crippen LogP contribution >= 0.6 is 22.7 Å². The molecule has 0 atom stereocenters. The zero-order valence-corrected chi connectivity index (χ0v) is 19.3. The predicted octanol–water partition coefficient (Wildman–Crippen LogP) is 3.38. The van der Waals surface area contributed by atoms with Gasteiger partial charge in [-0.05, 0) is 37.5 Å². The molecule has 0 radical (unpaired) electrons. The molecule has 4 rings (SSSR count). The van der Waals surface area contributed by atoms with E-state index >= 15 is 0 Å². The van der Waals surface area contributed by atoms with E-state index in [2.05, 4.69) is 25.8 Å². The Morgan fingerprint density at radius 1 is 1.09 bits per heavy atom. The van der Waals surface area contributed by atoms with Crippen LogP contribution in [0.15, 0.2) is 35.4 Å². The first-order valence-electron chi connectivity index (χ1n) is 9.85. The number of benzene rings is 1. The smallest absolute Gasteiger partial charge is 0.266 e. The molecule has 0 saturated heterocycles. The Kier molecular flexibility index (Phi) is 6.10. The molecule has 0 spiro atoms. The molecule has 1 aromatic carbocycles. The van der Waals surface area contributed by atoms with Crippen LogP contribution in [-0.4, -0.2) is 31.6 Å². The van der Waals surface area contributed by atoms with E-state index < -0.39 is 5.91 Å². The average molecular weight is 469 g/mol. The number of amides is 2. The largest absolute Gasteiger partial charge is 0.321 e. The molecule has 2 N–H and O–H groups in total. The molecule has 0 aliphatic heterocycles. The highest BCUT2D eigenvalue weighted by Crippen LogP contribution is 2.28. The summed E-state index contributed by atoms with van der Waals surface area (Å²) in [6, 6.07) is 7.47. The standard InChI is InChI=1S/C21H20N6O3S2/c1-4-15-25-26-21(31-15)24-14(28)9-27-10-22-19-16(20(27)30)12(3)17(32-19)18(29)23-13-8-6-5-7-11(13)2/h5-8,10H,4,9H2,1-3H3,(H,23,29)(H,24,26,28). The van der Waals surface area contributed by atoms with E-state index in [9.17, 15) is 14.4 Å². The number of para-hydroxylation sites is 1. The minimum atomic E-state index is -0.405. The fourth-order valence-electron chi connectivity index (χ4n) is 3.14. The van der Waals surface area contributed by atoms with E-state index in [1.165, 1.54) is 22.2 Å². The number of rotatable bonds is 6. The summed E-state index contributed by atoms with van der Waals surface area (Å²) < 4.78 is 1.22. The number of aromatic nitrogens is 4. The predicted molar refractivity (Wildman–Crippen MR) is 126 cm³/mol. The Morgan fingerprint density at radius 2 is 1.88 bits per heavy atom. The van der Waals surface area contributed by atoms with Crippen LogP contribution in [0.5, 0.6) is 0 Å². The molecule has 0 saturated carbocycles. The third-order valence-corrected chi connectivity index (χ3v) is 7.03. The van der Waals surface area contributed by atoms with E-state index in [4.69, 9.17) is 0 Å². The fourth-order valence-corrected chi connectivity index (χ4v) is 4.87. The highest BCUT2D eigenvalue weighted by Gasteiger charge is 2.20. The molecule has 3 heterocycles. The number of carbonyl (C=O) groups excluding carboxylic acids is 2. The number of anilines is 2. The Hall–Kier alpha value is -3.44. The number of nitrogens with one attached hydrogen (secondary N) is 2. The first-order valence-corrected chi connectivity index (χ1v) is 11.5. The van der Waals surface area contributed by atoms with Gasteiger partial charge in [-0.15, -0.1) is 21.5 Å².